The van der Waals surface area contributed by atoms with Crippen molar-refractivity contribution in [2.45, 2.75) is 44.4 Å². The third-order valence-corrected chi connectivity index (χ3v) is 4.27. The topological polar surface area (TPSA) is 35.2 Å². The number of hydrogen-bond acceptors (Lipinski definition) is 2. The molecule has 0 aromatic heterocycles. The molecule has 1 aromatic rings. The van der Waals surface area contributed by atoms with E-state index in [-0.39, 0.29) is 11.2 Å². The molecule has 1 saturated carbocycles. The van der Waals surface area contributed by atoms with Crippen LogP contribution in [0.3, 0.4) is 0 Å². The molecule has 2 N–H and O–H groups in total. The molecule has 0 heterocycles. The average molecular weight is 251 g/mol. The molecule has 1 aliphatic carbocycles. The minimum absolute atomic E-state index is 0.0991. The normalized spacial score (nSPS) is 18.7. The molecule has 1 aromatic carbocycles. The van der Waals surface area contributed by atoms with E-state index >= 15 is 0 Å². The predicted molar refractivity (Wildman–Crippen MR) is 71.5 cm³/mol. The Hall–Kier alpha value is -1.09. The maximum Gasteiger partial charge on any atom is 0.168 e. The average Bonchev–Trinajstić information content (AvgIpc) is 2.42. The molecule has 18 heavy (non-hydrogen) atoms. The predicted octanol–water partition coefficient (Wildman–Crippen LogP) is 3.30. The van der Waals surface area contributed by atoms with Gasteiger partial charge in [-0.2, -0.15) is 0 Å². The molecule has 100 valence electrons. The molecule has 0 spiro atoms. The molecule has 2 rings (SSSR count). The highest BCUT2D eigenvalue weighted by Gasteiger charge is 2.36. The molecule has 1 fully saturated rings. The summed E-state index contributed by atoms with van der Waals surface area (Å²) in [6.45, 7) is 2.32. The van der Waals surface area contributed by atoms with Gasteiger partial charge in [-0.25, -0.2) is 4.39 Å². The summed E-state index contributed by atoms with van der Waals surface area (Å²) >= 11 is 0. The Labute approximate surface area is 108 Å². The fourth-order valence-corrected chi connectivity index (χ4v) is 3.08. The first-order valence-electron chi connectivity index (χ1n) is 6.68. The van der Waals surface area contributed by atoms with Gasteiger partial charge in [0.15, 0.2) is 11.6 Å². The van der Waals surface area contributed by atoms with Gasteiger partial charge in [-0.3, -0.25) is 0 Å². The molecule has 2 nitrogen and oxygen atoms in total. The van der Waals surface area contributed by atoms with E-state index in [2.05, 4.69) is 0 Å². The van der Waals surface area contributed by atoms with Crippen molar-refractivity contribution in [1.82, 2.24) is 0 Å². The van der Waals surface area contributed by atoms with E-state index < -0.39 is 0 Å². The molecule has 0 amide bonds. The molecule has 1 aliphatic rings. The molecule has 0 unspecified atom stereocenters. The van der Waals surface area contributed by atoms with E-state index in [4.69, 9.17) is 10.5 Å². The second-order valence-electron chi connectivity index (χ2n) is 5.32. The lowest BCUT2D eigenvalue weighted by Gasteiger charge is -2.37. The van der Waals surface area contributed by atoms with E-state index in [1.54, 1.807) is 6.92 Å². The third-order valence-electron chi connectivity index (χ3n) is 4.27. The number of nitrogens with two attached hydrogens (primary N) is 1. The zero-order valence-corrected chi connectivity index (χ0v) is 11.3. The van der Waals surface area contributed by atoms with Crippen molar-refractivity contribution in [2.75, 3.05) is 13.7 Å². The largest absolute Gasteiger partial charge is 0.493 e. The number of benzene rings is 1. The smallest absolute Gasteiger partial charge is 0.168 e. The van der Waals surface area contributed by atoms with Crippen molar-refractivity contribution in [3.05, 3.63) is 29.1 Å². The van der Waals surface area contributed by atoms with Gasteiger partial charge in [0.25, 0.3) is 0 Å². The van der Waals surface area contributed by atoms with Crippen LogP contribution in [0.5, 0.6) is 5.75 Å². The molecule has 0 atom stereocenters. The Balaban J connectivity index is 2.51. The minimum Gasteiger partial charge on any atom is -0.493 e. The van der Waals surface area contributed by atoms with Crippen LogP contribution < -0.4 is 10.5 Å². The SMILES string of the molecule is COc1c(C2(CN)CCCCC2)ccc(C)c1F. The van der Waals surface area contributed by atoms with Crippen LogP contribution in [0.25, 0.3) is 0 Å². The summed E-state index contributed by atoms with van der Waals surface area (Å²) in [4.78, 5) is 0. The zero-order chi connectivity index (χ0) is 13.2. The summed E-state index contributed by atoms with van der Waals surface area (Å²) in [5.74, 6) is 0.149. The Morgan fingerprint density at radius 1 is 1.28 bits per heavy atom. The van der Waals surface area contributed by atoms with Crippen molar-refractivity contribution in [3.63, 3.8) is 0 Å². The van der Waals surface area contributed by atoms with E-state index in [1.165, 1.54) is 13.5 Å². The van der Waals surface area contributed by atoms with Crippen LogP contribution in [-0.2, 0) is 5.41 Å². The van der Waals surface area contributed by atoms with Crippen molar-refractivity contribution in [2.24, 2.45) is 5.73 Å². The zero-order valence-electron chi connectivity index (χ0n) is 11.3. The lowest BCUT2D eigenvalue weighted by atomic mass is 9.69. The van der Waals surface area contributed by atoms with Gasteiger partial charge in [-0.05, 0) is 25.3 Å². The number of methoxy groups -OCH3 is 1. The monoisotopic (exact) mass is 251 g/mol. The van der Waals surface area contributed by atoms with E-state index in [9.17, 15) is 4.39 Å². The highest BCUT2D eigenvalue weighted by molar-refractivity contribution is 5.44. The minimum atomic E-state index is -0.242. The van der Waals surface area contributed by atoms with E-state index in [1.807, 2.05) is 12.1 Å². The fourth-order valence-electron chi connectivity index (χ4n) is 3.08. The van der Waals surface area contributed by atoms with Crippen LogP contribution >= 0.6 is 0 Å². The van der Waals surface area contributed by atoms with Crippen LogP contribution in [0.1, 0.15) is 43.2 Å². The Kier molecular flexibility index (Phi) is 3.91. The first-order chi connectivity index (χ1) is 8.64. The Morgan fingerprint density at radius 2 is 1.94 bits per heavy atom. The summed E-state index contributed by atoms with van der Waals surface area (Å²) in [6.07, 6.45) is 5.63. The lowest BCUT2D eigenvalue weighted by Crippen LogP contribution is -2.37. The first-order valence-corrected chi connectivity index (χ1v) is 6.68. The summed E-state index contributed by atoms with van der Waals surface area (Å²) in [7, 11) is 1.54. The van der Waals surface area contributed by atoms with Crippen LogP contribution in [0.2, 0.25) is 0 Å². The van der Waals surface area contributed by atoms with E-state index in [0.717, 1.165) is 31.2 Å². The molecule has 0 saturated heterocycles. The molecule has 0 radical (unpaired) electrons. The van der Waals surface area contributed by atoms with Crippen LogP contribution in [0.4, 0.5) is 4.39 Å². The Morgan fingerprint density at radius 3 is 2.50 bits per heavy atom. The van der Waals surface area contributed by atoms with Gasteiger partial charge in [0.2, 0.25) is 0 Å². The number of halogens is 1. The van der Waals surface area contributed by atoms with Crippen molar-refractivity contribution >= 4 is 0 Å². The summed E-state index contributed by atoms with van der Waals surface area (Å²) in [5.41, 5.74) is 7.48. The maximum atomic E-state index is 14.2. The van der Waals surface area contributed by atoms with E-state index in [0.29, 0.717) is 17.9 Å². The van der Waals surface area contributed by atoms with Crippen molar-refractivity contribution < 1.29 is 9.13 Å². The van der Waals surface area contributed by atoms with Gasteiger partial charge < -0.3 is 10.5 Å². The Bertz CT molecular complexity index is 425. The number of rotatable bonds is 3. The summed E-state index contributed by atoms with van der Waals surface area (Å²) in [5, 5.41) is 0. The summed E-state index contributed by atoms with van der Waals surface area (Å²) in [6, 6.07) is 3.83. The number of aryl methyl sites for hydroxylation is 1. The highest BCUT2D eigenvalue weighted by atomic mass is 19.1. The fraction of sp³-hybridized carbons (Fsp3) is 0.600. The van der Waals surface area contributed by atoms with Crippen molar-refractivity contribution in [1.29, 1.82) is 0 Å². The van der Waals surface area contributed by atoms with Gasteiger partial charge >= 0.3 is 0 Å². The number of hydrogen-bond donors (Lipinski definition) is 1. The molecule has 0 aliphatic heterocycles. The first kappa shape index (κ1) is 13.3. The lowest BCUT2D eigenvalue weighted by molar-refractivity contribution is 0.283. The molecular formula is C15H22FNO. The summed E-state index contributed by atoms with van der Waals surface area (Å²) < 4.78 is 19.5. The second-order valence-corrected chi connectivity index (χ2v) is 5.32. The second kappa shape index (κ2) is 5.27. The highest BCUT2D eigenvalue weighted by Crippen LogP contribution is 2.43. The third kappa shape index (κ3) is 2.12. The van der Waals surface area contributed by atoms with Crippen LogP contribution in [0, 0.1) is 12.7 Å². The van der Waals surface area contributed by atoms with Crippen LogP contribution in [-0.4, -0.2) is 13.7 Å². The van der Waals surface area contributed by atoms with Crippen molar-refractivity contribution in [3.8, 4) is 5.75 Å². The van der Waals surface area contributed by atoms with Gasteiger partial charge in [-0.15, -0.1) is 0 Å². The van der Waals surface area contributed by atoms with Crippen LogP contribution in [0.15, 0.2) is 12.1 Å². The molecular weight excluding hydrogens is 229 g/mol. The maximum absolute atomic E-state index is 14.2. The molecule has 0 bridgehead atoms. The van der Waals surface area contributed by atoms with Gasteiger partial charge in [-0.1, -0.05) is 31.4 Å². The van der Waals surface area contributed by atoms with Gasteiger partial charge in [0.1, 0.15) is 0 Å². The number of ether oxygens (including phenoxy) is 1. The van der Waals surface area contributed by atoms with Gasteiger partial charge in [0, 0.05) is 17.5 Å². The molecule has 3 heteroatoms. The van der Waals surface area contributed by atoms with Gasteiger partial charge in [0.05, 0.1) is 7.11 Å². The standard InChI is InChI=1S/C15H22FNO/c1-11-6-7-12(14(18-2)13(11)16)15(10-17)8-4-3-5-9-15/h6-7H,3-5,8-10,17H2,1-2H3. The quantitative estimate of drug-likeness (QED) is 0.894.